The molecule has 1 amide bonds. The summed E-state index contributed by atoms with van der Waals surface area (Å²) in [5.41, 5.74) is 0.830. The van der Waals surface area contributed by atoms with E-state index < -0.39 is 35.9 Å². The molecular formula is C20H25F3N4O5S. The molecule has 2 aromatic heterocycles. The molecule has 2 heterocycles. The van der Waals surface area contributed by atoms with E-state index in [2.05, 4.69) is 15.3 Å². The number of carbonyl (C=O) groups excluding carboxylic acids is 1. The molecule has 0 saturated heterocycles. The number of amides is 1. The Kier molecular flexibility index (Phi) is 6.76. The summed E-state index contributed by atoms with van der Waals surface area (Å²) < 4.78 is 48.5. The smallest absolute Gasteiger partial charge is 0.443 e. The zero-order valence-corrected chi connectivity index (χ0v) is 19.6. The summed E-state index contributed by atoms with van der Waals surface area (Å²) in [6.07, 6.45) is -3.67. The number of ether oxygens (including phenoxy) is 2. The molecule has 3 rings (SSSR count). The van der Waals surface area contributed by atoms with E-state index in [9.17, 15) is 27.6 Å². The van der Waals surface area contributed by atoms with E-state index in [-0.39, 0.29) is 28.7 Å². The maximum absolute atomic E-state index is 13.1. The van der Waals surface area contributed by atoms with Crippen LogP contribution in [0.5, 0.6) is 0 Å². The van der Waals surface area contributed by atoms with Crippen LogP contribution in [0.15, 0.2) is 14.7 Å². The number of nitrogens with one attached hydrogen (secondary N) is 1. The third-order valence-electron chi connectivity index (χ3n) is 5.00. The number of nitrogens with zero attached hydrogens (tertiary/aromatic N) is 3. The van der Waals surface area contributed by atoms with E-state index in [1.54, 1.807) is 27.7 Å². The fourth-order valence-electron chi connectivity index (χ4n) is 3.35. The number of fused-ring (bicyclic) bond motifs is 1. The Hall–Kier alpha value is -2.67. The van der Waals surface area contributed by atoms with Crippen molar-refractivity contribution in [2.24, 2.45) is 11.0 Å². The van der Waals surface area contributed by atoms with Crippen LogP contribution < -0.4 is 16.7 Å². The van der Waals surface area contributed by atoms with Gasteiger partial charge in [0.05, 0.1) is 29.6 Å². The Morgan fingerprint density at radius 1 is 1.30 bits per heavy atom. The highest BCUT2D eigenvalue weighted by molar-refractivity contribution is 7.20. The van der Waals surface area contributed by atoms with E-state index in [1.165, 1.54) is 6.21 Å². The van der Waals surface area contributed by atoms with Crippen molar-refractivity contribution in [1.82, 2.24) is 14.6 Å². The van der Waals surface area contributed by atoms with Crippen molar-refractivity contribution < 1.29 is 27.4 Å². The molecule has 2 atom stereocenters. The van der Waals surface area contributed by atoms with E-state index in [0.29, 0.717) is 16.9 Å². The van der Waals surface area contributed by atoms with Gasteiger partial charge < -0.3 is 4.74 Å². The molecule has 0 aromatic carbocycles. The number of alkyl halides is 3. The van der Waals surface area contributed by atoms with Crippen LogP contribution in [0.2, 0.25) is 0 Å². The number of carbonyl (C=O) groups is 1. The van der Waals surface area contributed by atoms with Crippen molar-refractivity contribution in [3.8, 4) is 0 Å². The van der Waals surface area contributed by atoms with Gasteiger partial charge in [-0.3, -0.25) is 18.7 Å². The van der Waals surface area contributed by atoms with E-state index in [0.717, 1.165) is 20.5 Å². The fraction of sp³-hybridized carbons (Fsp3) is 0.600. The summed E-state index contributed by atoms with van der Waals surface area (Å²) in [6, 6.07) is -0.297. The summed E-state index contributed by atoms with van der Waals surface area (Å²) in [4.78, 5) is 38.6. The Bertz CT molecular complexity index is 1210. The summed E-state index contributed by atoms with van der Waals surface area (Å²) in [5, 5.41) is 4.06. The van der Waals surface area contributed by atoms with Gasteiger partial charge in [0.25, 0.3) is 5.56 Å². The van der Waals surface area contributed by atoms with Gasteiger partial charge in [-0.1, -0.05) is 6.92 Å². The van der Waals surface area contributed by atoms with Crippen LogP contribution >= 0.6 is 11.3 Å². The minimum absolute atomic E-state index is 0.116. The molecule has 0 aliphatic heterocycles. The monoisotopic (exact) mass is 490 g/mol. The highest BCUT2D eigenvalue weighted by Gasteiger charge is 2.38. The molecular weight excluding hydrogens is 465 g/mol. The highest BCUT2D eigenvalue weighted by Crippen LogP contribution is 2.41. The molecule has 1 aliphatic rings. The standard InChI is InChI=1S/C20H25F3N4O5S/c1-10-8-12(10)27-15(28)14-11(2)13(9-24-25-17(29)32-19(3,4)5)33-16(14)26(18(27)30)6-7-31-20(21,22)23/h9-10,12H,6-8H2,1-5H3,(H,25,29)/b24-9+. The van der Waals surface area contributed by atoms with Crippen molar-refractivity contribution in [3.05, 3.63) is 31.3 Å². The predicted molar refractivity (Wildman–Crippen MR) is 117 cm³/mol. The molecule has 0 spiro atoms. The van der Waals surface area contributed by atoms with Crippen LogP contribution in [0.3, 0.4) is 0 Å². The highest BCUT2D eigenvalue weighted by atomic mass is 32.1. The van der Waals surface area contributed by atoms with Crippen LogP contribution in [-0.4, -0.2) is 40.0 Å². The van der Waals surface area contributed by atoms with Gasteiger partial charge in [0.1, 0.15) is 10.4 Å². The van der Waals surface area contributed by atoms with Crippen molar-refractivity contribution in [2.75, 3.05) is 6.61 Å². The van der Waals surface area contributed by atoms with Gasteiger partial charge in [-0.15, -0.1) is 24.5 Å². The first-order valence-electron chi connectivity index (χ1n) is 10.2. The molecule has 182 valence electrons. The SMILES string of the molecule is Cc1c(/C=N/NC(=O)OC(C)(C)C)sc2c1c(=O)n(C1CC1C)c(=O)n2CCOC(F)(F)F. The molecule has 2 unspecified atom stereocenters. The third-order valence-corrected chi connectivity index (χ3v) is 6.25. The Labute approximate surface area is 190 Å². The minimum atomic E-state index is -4.83. The molecule has 9 nitrogen and oxygen atoms in total. The molecule has 13 heteroatoms. The van der Waals surface area contributed by atoms with Crippen LogP contribution in [0, 0.1) is 12.8 Å². The first-order valence-corrected chi connectivity index (χ1v) is 11.0. The minimum Gasteiger partial charge on any atom is -0.443 e. The van der Waals surface area contributed by atoms with Crippen LogP contribution in [0.4, 0.5) is 18.0 Å². The van der Waals surface area contributed by atoms with Gasteiger partial charge >= 0.3 is 18.1 Å². The van der Waals surface area contributed by atoms with Gasteiger partial charge in [0.2, 0.25) is 0 Å². The summed E-state index contributed by atoms with van der Waals surface area (Å²) in [5.74, 6) is 0.116. The second-order valence-corrected chi connectivity index (χ2v) is 9.86. The normalized spacial score (nSPS) is 18.8. The van der Waals surface area contributed by atoms with Crippen LogP contribution in [0.1, 0.15) is 50.6 Å². The average molecular weight is 491 g/mol. The van der Waals surface area contributed by atoms with E-state index in [1.807, 2.05) is 6.92 Å². The number of hydrazone groups is 1. The van der Waals surface area contributed by atoms with Crippen molar-refractivity contribution in [1.29, 1.82) is 0 Å². The number of hydrogen-bond donors (Lipinski definition) is 1. The predicted octanol–water partition coefficient (Wildman–Crippen LogP) is 3.51. The molecule has 1 aliphatic carbocycles. The Morgan fingerprint density at radius 3 is 2.48 bits per heavy atom. The number of hydrogen-bond acceptors (Lipinski definition) is 7. The number of aryl methyl sites for hydroxylation is 1. The second kappa shape index (κ2) is 8.93. The zero-order valence-electron chi connectivity index (χ0n) is 18.8. The lowest BCUT2D eigenvalue weighted by Crippen LogP contribution is -2.40. The number of halogens is 3. The lowest BCUT2D eigenvalue weighted by Gasteiger charge is -2.18. The van der Waals surface area contributed by atoms with Crippen molar-refractivity contribution >= 4 is 33.9 Å². The third kappa shape index (κ3) is 5.82. The van der Waals surface area contributed by atoms with E-state index >= 15 is 0 Å². The Balaban J connectivity index is 2.00. The van der Waals surface area contributed by atoms with Gasteiger partial charge in [-0.05, 0) is 45.6 Å². The summed E-state index contributed by atoms with van der Waals surface area (Å²) in [6.45, 7) is 7.45. The van der Waals surface area contributed by atoms with Crippen LogP contribution in [0.25, 0.3) is 10.2 Å². The van der Waals surface area contributed by atoms with Crippen LogP contribution in [-0.2, 0) is 16.0 Å². The summed E-state index contributed by atoms with van der Waals surface area (Å²) in [7, 11) is 0. The number of thiophene rings is 1. The summed E-state index contributed by atoms with van der Waals surface area (Å²) >= 11 is 1.01. The lowest BCUT2D eigenvalue weighted by molar-refractivity contribution is -0.325. The van der Waals surface area contributed by atoms with Crippen molar-refractivity contribution in [3.63, 3.8) is 0 Å². The van der Waals surface area contributed by atoms with Gasteiger partial charge in [-0.25, -0.2) is 15.0 Å². The maximum atomic E-state index is 13.1. The average Bonchev–Trinajstić information content (AvgIpc) is 3.26. The molecule has 0 bridgehead atoms. The molecule has 33 heavy (non-hydrogen) atoms. The molecule has 2 aromatic rings. The first kappa shape index (κ1) is 25.0. The quantitative estimate of drug-likeness (QED) is 0.493. The maximum Gasteiger partial charge on any atom is 0.522 e. The van der Waals surface area contributed by atoms with Gasteiger partial charge in [0.15, 0.2) is 0 Å². The number of aromatic nitrogens is 2. The fourth-order valence-corrected chi connectivity index (χ4v) is 4.54. The first-order chi connectivity index (χ1) is 15.2. The second-order valence-electron chi connectivity index (χ2n) is 8.83. The Morgan fingerprint density at radius 2 is 1.94 bits per heavy atom. The molecule has 0 radical (unpaired) electrons. The zero-order chi connectivity index (χ0) is 24.7. The lowest BCUT2D eigenvalue weighted by atomic mass is 10.2. The van der Waals surface area contributed by atoms with Gasteiger partial charge in [-0.2, -0.15) is 5.10 Å². The molecule has 1 N–H and O–H groups in total. The largest absolute Gasteiger partial charge is 0.522 e. The molecule has 1 fully saturated rings. The van der Waals surface area contributed by atoms with Crippen molar-refractivity contribution in [2.45, 2.75) is 65.6 Å². The topological polar surface area (TPSA) is 104 Å². The van der Waals surface area contributed by atoms with Gasteiger partial charge in [0, 0.05) is 6.04 Å². The number of rotatable bonds is 6. The van der Waals surface area contributed by atoms with E-state index in [4.69, 9.17) is 4.74 Å². The molecule has 1 saturated carbocycles.